The molecule has 3 rings (SSSR count). The summed E-state index contributed by atoms with van der Waals surface area (Å²) in [5, 5.41) is 26.5. The molecule has 1 aliphatic rings. The SMILES string of the molecule is CCC1(C(=O)NC(CC(=O)O)C(O)CF)CC(c2c(C)c3ccccc3n2C)=NO1. The van der Waals surface area contributed by atoms with Crippen molar-refractivity contribution in [2.45, 2.75) is 50.9 Å². The first-order valence-corrected chi connectivity index (χ1v) is 9.80. The number of aryl methyl sites for hydroxylation is 2. The van der Waals surface area contributed by atoms with Gasteiger partial charge in [-0.1, -0.05) is 30.3 Å². The first-order chi connectivity index (χ1) is 14.2. The molecule has 0 saturated heterocycles. The molecule has 0 aliphatic carbocycles. The van der Waals surface area contributed by atoms with E-state index >= 15 is 0 Å². The molecule has 0 bridgehead atoms. The second kappa shape index (κ2) is 8.43. The predicted octanol–water partition coefficient (Wildman–Crippen LogP) is 2.05. The van der Waals surface area contributed by atoms with Crippen LogP contribution in [0.15, 0.2) is 29.4 Å². The maximum Gasteiger partial charge on any atom is 0.305 e. The summed E-state index contributed by atoms with van der Waals surface area (Å²) < 4.78 is 14.9. The summed E-state index contributed by atoms with van der Waals surface area (Å²) in [6.45, 7) is 2.56. The van der Waals surface area contributed by atoms with Crippen LogP contribution < -0.4 is 5.32 Å². The smallest absolute Gasteiger partial charge is 0.305 e. The van der Waals surface area contributed by atoms with E-state index in [0.717, 1.165) is 22.2 Å². The van der Waals surface area contributed by atoms with E-state index in [1.165, 1.54) is 0 Å². The van der Waals surface area contributed by atoms with Crippen molar-refractivity contribution in [3.05, 3.63) is 35.5 Å². The van der Waals surface area contributed by atoms with Crippen LogP contribution in [0.3, 0.4) is 0 Å². The molecule has 8 nitrogen and oxygen atoms in total. The van der Waals surface area contributed by atoms with Gasteiger partial charge in [0.25, 0.3) is 5.91 Å². The van der Waals surface area contributed by atoms with Crippen molar-refractivity contribution in [1.29, 1.82) is 0 Å². The van der Waals surface area contributed by atoms with Crippen molar-refractivity contribution in [2.24, 2.45) is 12.2 Å². The zero-order chi connectivity index (χ0) is 22.1. The molecule has 3 N–H and O–H groups in total. The van der Waals surface area contributed by atoms with Gasteiger partial charge in [-0.05, 0) is 25.0 Å². The Morgan fingerprint density at radius 1 is 1.40 bits per heavy atom. The molecule has 0 spiro atoms. The highest BCUT2D eigenvalue weighted by molar-refractivity contribution is 6.09. The number of rotatable bonds is 8. The van der Waals surface area contributed by atoms with E-state index in [2.05, 4.69) is 10.5 Å². The number of carbonyl (C=O) groups excluding carboxylic acids is 1. The lowest BCUT2D eigenvalue weighted by molar-refractivity contribution is -0.147. The molecule has 1 amide bonds. The highest BCUT2D eigenvalue weighted by atomic mass is 19.1. The average molecular weight is 419 g/mol. The number of alkyl halides is 1. The molecule has 9 heteroatoms. The largest absolute Gasteiger partial charge is 0.481 e. The molecule has 0 fully saturated rings. The number of hydrogen-bond donors (Lipinski definition) is 3. The topological polar surface area (TPSA) is 113 Å². The van der Waals surface area contributed by atoms with Gasteiger partial charge in [0.05, 0.1) is 18.2 Å². The van der Waals surface area contributed by atoms with Crippen LogP contribution in [-0.2, 0) is 21.5 Å². The molecular weight excluding hydrogens is 393 g/mol. The molecular formula is C21H26FN3O5. The van der Waals surface area contributed by atoms with Crippen molar-refractivity contribution in [3.8, 4) is 0 Å². The van der Waals surface area contributed by atoms with Crippen LogP contribution in [0.1, 0.15) is 37.4 Å². The van der Waals surface area contributed by atoms with Gasteiger partial charge >= 0.3 is 5.97 Å². The standard InChI is InChI=1S/C21H26FN3O5/c1-4-21(20(29)23-14(9-18(27)28)17(26)11-22)10-15(24-30-21)19-12(2)13-7-5-6-8-16(13)25(19)3/h5-8,14,17,26H,4,9-11H2,1-3H3,(H,23,29)(H,27,28). The van der Waals surface area contributed by atoms with Crippen LogP contribution in [0, 0.1) is 6.92 Å². The van der Waals surface area contributed by atoms with Gasteiger partial charge in [-0.15, -0.1) is 0 Å². The van der Waals surface area contributed by atoms with Gasteiger partial charge in [-0.3, -0.25) is 9.59 Å². The highest BCUT2D eigenvalue weighted by Gasteiger charge is 2.47. The van der Waals surface area contributed by atoms with Crippen LogP contribution in [0.5, 0.6) is 0 Å². The summed E-state index contributed by atoms with van der Waals surface area (Å²) in [4.78, 5) is 29.6. The number of aliphatic carboxylic acids is 1. The van der Waals surface area contributed by atoms with E-state index in [-0.39, 0.29) is 12.8 Å². The second-order valence-corrected chi connectivity index (χ2v) is 7.60. The lowest BCUT2D eigenvalue weighted by atomic mass is 9.90. The number of halogens is 1. The number of para-hydroxylation sites is 1. The minimum absolute atomic E-state index is 0.172. The zero-order valence-electron chi connectivity index (χ0n) is 17.2. The first kappa shape index (κ1) is 21.8. The quantitative estimate of drug-likeness (QED) is 0.606. The maximum atomic E-state index is 13.0. The molecule has 3 atom stereocenters. The third-order valence-electron chi connectivity index (χ3n) is 5.74. The number of aromatic nitrogens is 1. The third-order valence-corrected chi connectivity index (χ3v) is 5.74. The Balaban J connectivity index is 1.86. The first-order valence-electron chi connectivity index (χ1n) is 9.80. The number of aliphatic hydroxyl groups excluding tert-OH is 1. The minimum atomic E-state index is -1.62. The van der Waals surface area contributed by atoms with Crippen LogP contribution in [0.4, 0.5) is 4.39 Å². The van der Waals surface area contributed by atoms with Gasteiger partial charge in [0, 0.05) is 24.4 Å². The van der Waals surface area contributed by atoms with Crippen molar-refractivity contribution < 1.29 is 29.0 Å². The van der Waals surface area contributed by atoms with Crippen LogP contribution >= 0.6 is 0 Å². The lowest BCUT2D eigenvalue weighted by Gasteiger charge is -2.28. The number of carbonyl (C=O) groups is 2. The summed E-state index contributed by atoms with van der Waals surface area (Å²) in [7, 11) is 1.92. The normalized spacial score (nSPS) is 20.5. The molecule has 1 aromatic carbocycles. The van der Waals surface area contributed by atoms with Gasteiger partial charge < -0.3 is 24.9 Å². The number of nitrogens with one attached hydrogen (secondary N) is 1. The lowest BCUT2D eigenvalue weighted by Crippen LogP contribution is -2.54. The summed E-state index contributed by atoms with van der Waals surface area (Å²) >= 11 is 0. The van der Waals surface area contributed by atoms with E-state index < -0.39 is 42.7 Å². The molecule has 162 valence electrons. The summed E-state index contributed by atoms with van der Waals surface area (Å²) in [6.07, 6.45) is -1.79. The molecule has 1 aliphatic heterocycles. The second-order valence-electron chi connectivity index (χ2n) is 7.60. The van der Waals surface area contributed by atoms with Crippen molar-refractivity contribution in [1.82, 2.24) is 9.88 Å². The molecule has 1 aromatic heterocycles. The molecule has 2 aromatic rings. The Hall–Kier alpha value is -2.94. The van der Waals surface area contributed by atoms with Gasteiger partial charge in [0.2, 0.25) is 5.60 Å². The predicted molar refractivity (Wildman–Crippen MR) is 109 cm³/mol. The fourth-order valence-electron chi connectivity index (χ4n) is 3.95. The number of benzene rings is 1. The van der Waals surface area contributed by atoms with E-state index in [9.17, 15) is 19.1 Å². The monoisotopic (exact) mass is 419 g/mol. The Morgan fingerprint density at radius 3 is 2.70 bits per heavy atom. The van der Waals surface area contributed by atoms with Gasteiger partial charge in [0.15, 0.2) is 0 Å². The number of carboxylic acid groups (broad SMARTS) is 1. The summed E-state index contributed by atoms with van der Waals surface area (Å²) in [5.41, 5.74) is 2.14. The highest BCUT2D eigenvalue weighted by Crippen LogP contribution is 2.34. The Labute approximate surface area is 173 Å². The number of hydrogen-bond acceptors (Lipinski definition) is 5. The Morgan fingerprint density at radius 2 is 2.10 bits per heavy atom. The molecule has 0 saturated carbocycles. The van der Waals surface area contributed by atoms with E-state index in [0.29, 0.717) is 5.71 Å². The Bertz CT molecular complexity index is 963. The molecule has 30 heavy (non-hydrogen) atoms. The summed E-state index contributed by atoms with van der Waals surface area (Å²) in [5.74, 6) is -1.88. The van der Waals surface area contributed by atoms with E-state index in [4.69, 9.17) is 9.94 Å². The van der Waals surface area contributed by atoms with Crippen molar-refractivity contribution in [3.63, 3.8) is 0 Å². The molecule has 3 unspecified atom stereocenters. The van der Waals surface area contributed by atoms with Crippen LogP contribution in [0.25, 0.3) is 10.9 Å². The number of amides is 1. The third kappa shape index (κ3) is 3.77. The number of carboxylic acids is 1. The number of nitrogens with zero attached hydrogens (tertiary/aromatic N) is 2. The van der Waals surface area contributed by atoms with Crippen molar-refractivity contribution >= 4 is 28.5 Å². The molecule has 0 radical (unpaired) electrons. The minimum Gasteiger partial charge on any atom is -0.481 e. The van der Waals surface area contributed by atoms with Crippen molar-refractivity contribution in [2.75, 3.05) is 6.67 Å². The Kier molecular flexibility index (Phi) is 6.12. The fraction of sp³-hybridized carbons (Fsp3) is 0.476. The number of fused-ring (bicyclic) bond motifs is 1. The van der Waals surface area contributed by atoms with Gasteiger partial charge in [-0.25, -0.2) is 4.39 Å². The summed E-state index contributed by atoms with van der Waals surface area (Å²) in [6, 6.07) is 6.64. The zero-order valence-corrected chi connectivity index (χ0v) is 17.2. The maximum absolute atomic E-state index is 13.0. The van der Waals surface area contributed by atoms with Crippen LogP contribution in [0.2, 0.25) is 0 Å². The van der Waals surface area contributed by atoms with Crippen LogP contribution in [-0.4, -0.2) is 56.8 Å². The molecule has 2 heterocycles. The van der Waals surface area contributed by atoms with Gasteiger partial charge in [-0.2, -0.15) is 0 Å². The number of oxime groups is 1. The van der Waals surface area contributed by atoms with E-state index in [1.54, 1.807) is 6.92 Å². The number of aliphatic hydroxyl groups is 1. The fourth-order valence-corrected chi connectivity index (χ4v) is 3.95. The van der Waals surface area contributed by atoms with Gasteiger partial charge in [0.1, 0.15) is 18.5 Å². The average Bonchev–Trinajstić information content (AvgIpc) is 3.27. The van der Waals surface area contributed by atoms with E-state index in [1.807, 2.05) is 42.8 Å².